The quantitative estimate of drug-likeness (QED) is 0.810. The van der Waals surface area contributed by atoms with Gasteiger partial charge in [-0.3, -0.25) is 14.7 Å². The van der Waals surface area contributed by atoms with Crippen LogP contribution in [0.1, 0.15) is 55.2 Å². The molecule has 1 aromatic rings. The molecule has 1 aromatic heterocycles. The average Bonchev–Trinajstić information content (AvgIpc) is 3.39. The van der Waals surface area contributed by atoms with Crippen LogP contribution in [0, 0.1) is 5.92 Å². The van der Waals surface area contributed by atoms with E-state index in [1.165, 1.54) is 32.4 Å². The van der Waals surface area contributed by atoms with Crippen molar-refractivity contribution in [3.8, 4) is 0 Å². The number of carbonyl (C=O) groups is 1. The van der Waals surface area contributed by atoms with Gasteiger partial charge in [-0.2, -0.15) is 0 Å². The molecule has 1 aliphatic carbocycles. The van der Waals surface area contributed by atoms with E-state index in [0.717, 1.165) is 43.2 Å². The van der Waals surface area contributed by atoms with Crippen molar-refractivity contribution < 1.29 is 4.79 Å². The lowest BCUT2D eigenvalue weighted by Gasteiger charge is -2.38. The molecule has 3 heterocycles. The lowest BCUT2D eigenvalue weighted by molar-refractivity contribution is 0.0946. The second kappa shape index (κ2) is 7.97. The number of likely N-dealkylation sites (tertiary alicyclic amines) is 1. The van der Waals surface area contributed by atoms with E-state index in [0.29, 0.717) is 17.8 Å². The molecular formula is C21H31N5O. The van der Waals surface area contributed by atoms with E-state index in [4.69, 9.17) is 0 Å². The molecular weight excluding hydrogens is 338 g/mol. The molecule has 4 rings (SSSR count). The fourth-order valence-corrected chi connectivity index (χ4v) is 4.34. The second-order valence-electron chi connectivity index (χ2n) is 8.34. The summed E-state index contributed by atoms with van der Waals surface area (Å²) in [5.41, 5.74) is 2.38. The van der Waals surface area contributed by atoms with Crippen molar-refractivity contribution in [1.29, 1.82) is 0 Å². The minimum atomic E-state index is -0.0725. The molecule has 1 amide bonds. The third-order valence-corrected chi connectivity index (χ3v) is 6.08. The number of aliphatic imine (C=N–C) groups is 1. The van der Waals surface area contributed by atoms with Crippen LogP contribution in [-0.4, -0.2) is 67.3 Å². The molecule has 3 aliphatic rings. The molecule has 0 spiro atoms. The van der Waals surface area contributed by atoms with Gasteiger partial charge in [0.25, 0.3) is 5.91 Å². The molecule has 1 atom stereocenters. The van der Waals surface area contributed by atoms with E-state index in [1.807, 2.05) is 12.1 Å². The zero-order valence-corrected chi connectivity index (χ0v) is 16.5. The van der Waals surface area contributed by atoms with Gasteiger partial charge in [0.2, 0.25) is 0 Å². The van der Waals surface area contributed by atoms with Gasteiger partial charge in [-0.25, -0.2) is 4.98 Å². The number of aromatic nitrogens is 1. The molecule has 6 heteroatoms. The summed E-state index contributed by atoms with van der Waals surface area (Å²) in [5.74, 6) is 0.769. The van der Waals surface area contributed by atoms with Crippen molar-refractivity contribution in [2.75, 3.05) is 38.1 Å². The number of hydrogen-bond donors (Lipinski definition) is 1. The standard InChI is InChI=1S/C21H31N5O/c1-15-7-10-26(14-15)17-8-11-25(12-9-17)20-6-5-18(24-19(20)13-22-2)21(27)23-16-3-4-16/h5-6,13,15-17H,3-4,7-12,14H2,1-2H3,(H,23,27)/b22-13-. The summed E-state index contributed by atoms with van der Waals surface area (Å²) in [6.45, 7) is 6.94. The van der Waals surface area contributed by atoms with Crippen LogP contribution in [0.2, 0.25) is 0 Å². The van der Waals surface area contributed by atoms with Crippen LogP contribution >= 0.6 is 0 Å². The topological polar surface area (TPSA) is 60.8 Å². The van der Waals surface area contributed by atoms with Crippen molar-refractivity contribution >= 4 is 17.8 Å². The normalized spacial score (nSPS) is 24.7. The van der Waals surface area contributed by atoms with E-state index in [9.17, 15) is 4.79 Å². The van der Waals surface area contributed by atoms with Gasteiger partial charge >= 0.3 is 0 Å². The second-order valence-corrected chi connectivity index (χ2v) is 8.34. The van der Waals surface area contributed by atoms with E-state index in [2.05, 4.69) is 32.0 Å². The Hall–Kier alpha value is -1.95. The SMILES string of the molecule is C/N=C\c1nc(C(=O)NC2CC2)ccc1N1CCC(N2CCC(C)C2)CC1. The highest BCUT2D eigenvalue weighted by Crippen LogP contribution is 2.28. The number of nitrogens with one attached hydrogen (secondary N) is 1. The largest absolute Gasteiger partial charge is 0.370 e. The molecule has 27 heavy (non-hydrogen) atoms. The lowest BCUT2D eigenvalue weighted by atomic mass is 10.0. The highest BCUT2D eigenvalue weighted by molar-refractivity contribution is 5.95. The fourth-order valence-electron chi connectivity index (χ4n) is 4.34. The summed E-state index contributed by atoms with van der Waals surface area (Å²) >= 11 is 0. The van der Waals surface area contributed by atoms with Crippen molar-refractivity contribution in [2.24, 2.45) is 10.9 Å². The van der Waals surface area contributed by atoms with Gasteiger partial charge in [0.15, 0.2) is 0 Å². The van der Waals surface area contributed by atoms with Gasteiger partial charge in [-0.05, 0) is 56.7 Å². The molecule has 146 valence electrons. The van der Waals surface area contributed by atoms with Crippen LogP contribution in [0.15, 0.2) is 17.1 Å². The Kier molecular flexibility index (Phi) is 5.43. The first kappa shape index (κ1) is 18.4. The third kappa shape index (κ3) is 4.32. The third-order valence-electron chi connectivity index (χ3n) is 6.08. The number of carbonyl (C=O) groups excluding carboxylic acids is 1. The summed E-state index contributed by atoms with van der Waals surface area (Å²) in [4.78, 5) is 26.2. The first-order valence-corrected chi connectivity index (χ1v) is 10.4. The summed E-state index contributed by atoms with van der Waals surface area (Å²) in [7, 11) is 1.75. The first-order chi connectivity index (χ1) is 13.1. The zero-order valence-electron chi connectivity index (χ0n) is 16.5. The molecule has 0 aromatic carbocycles. The number of piperidine rings is 1. The van der Waals surface area contributed by atoms with Crippen molar-refractivity contribution in [3.63, 3.8) is 0 Å². The van der Waals surface area contributed by atoms with Crippen LogP contribution in [0.25, 0.3) is 0 Å². The van der Waals surface area contributed by atoms with Gasteiger partial charge in [-0.15, -0.1) is 0 Å². The highest BCUT2D eigenvalue weighted by Gasteiger charge is 2.30. The fraction of sp³-hybridized carbons (Fsp3) is 0.667. The number of nitrogens with zero attached hydrogens (tertiary/aromatic N) is 4. The monoisotopic (exact) mass is 369 g/mol. The number of pyridine rings is 1. The maximum atomic E-state index is 12.3. The maximum Gasteiger partial charge on any atom is 0.270 e. The van der Waals surface area contributed by atoms with Crippen LogP contribution in [0.4, 0.5) is 5.69 Å². The minimum Gasteiger partial charge on any atom is -0.370 e. The Labute approximate surface area is 162 Å². The summed E-state index contributed by atoms with van der Waals surface area (Å²) in [6, 6.07) is 4.96. The lowest BCUT2D eigenvalue weighted by Crippen LogP contribution is -2.44. The Bertz CT molecular complexity index is 707. The van der Waals surface area contributed by atoms with Crippen LogP contribution in [0.5, 0.6) is 0 Å². The molecule has 2 saturated heterocycles. The Morgan fingerprint density at radius 1 is 1.19 bits per heavy atom. The number of rotatable bonds is 5. The molecule has 6 nitrogen and oxygen atoms in total. The predicted octanol–water partition coefficient (Wildman–Crippen LogP) is 2.33. The number of amides is 1. The number of anilines is 1. The van der Waals surface area contributed by atoms with Crippen molar-refractivity contribution in [2.45, 2.75) is 51.1 Å². The van der Waals surface area contributed by atoms with E-state index >= 15 is 0 Å². The summed E-state index contributed by atoms with van der Waals surface area (Å²) in [5, 5.41) is 3.01. The van der Waals surface area contributed by atoms with Gasteiger partial charge in [-0.1, -0.05) is 6.92 Å². The molecule has 1 N–H and O–H groups in total. The minimum absolute atomic E-state index is 0.0725. The van der Waals surface area contributed by atoms with Gasteiger partial charge in [0.1, 0.15) is 11.4 Å². The van der Waals surface area contributed by atoms with Crippen LogP contribution in [-0.2, 0) is 0 Å². The Morgan fingerprint density at radius 3 is 2.59 bits per heavy atom. The van der Waals surface area contributed by atoms with Gasteiger partial charge in [0.05, 0.1) is 5.69 Å². The zero-order chi connectivity index (χ0) is 18.8. The average molecular weight is 370 g/mol. The first-order valence-electron chi connectivity index (χ1n) is 10.4. The molecule has 0 bridgehead atoms. The van der Waals surface area contributed by atoms with E-state index < -0.39 is 0 Å². The van der Waals surface area contributed by atoms with Gasteiger partial charge in [0, 0.05) is 45.0 Å². The predicted molar refractivity (Wildman–Crippen MR) is 109 cm³/mol. The number of hydrogen-bond acceptors (Lipinski definition) is 5. The van der Waals surface area contributed by atoms with Gasteiger partial charge < -0.3 is 10.2 Å². The molecule has 1 saturated carbocycles. The molecule has 2 aliphatic heterocycles. The van der Waals surface area contributed by atoms with E-state index in [1.54, 1.807) is 13.3 Å². The summed E-state index contributed by atoms with van der Waals surface area (Å²) < 4.78 is 0. The van der Waals surface area contributed by atoms with Crippen LogP contribution in [0.3, 0.4) is 0 Å². The highest BCUT2D eigenvalue weighted by atomic mass is 16.2. The summed E-state index contributed by atoms with van der Waals surface area (Å²) in [6.07, 6.45) is 7.66. The Balaban J connectivity index is 1.44. The van der Waals surface area contributed by atoms with Crippen LogP contribution < -0.4 is 10.2 Å². The molecule has 1 unspecified atom stereocenters. The smallest absolute Gasteiger partial charge is 0.270 e. The van der Waals surface area contributed by atoms with E-state index in [-0.39, 0.29) is 5.91 Å². The Morgan fingerprint density at radius 2 is 1.96 bits per heavy atom. The maximum absolute atomic E-state index is 12.3. The molecule has 3 fully saturated rings. The molecule has 0 radical (unpaired) electrons. The van der Waals surface area contributed by atoms with Crippen molar-refractivity contribution in [1.82, 2.24) is 15.2 Å². The van der Waals surface area contributed by atoms with Crippen molar-refractivity contribution in [3.05, 3.63) is 23.5 Å².